The molecule has 0 saturated carbocycles. The molecule has 0 aromatic heterocycles. The van der Waals surface area contributed by atoms with Gasteiger partial charge in [0.25, 0.3) is 5.69 Å². The second kappa shape index (κ2) is 6.29. The minimum absolute atomic E-state index is 0.0351. The number of ether oxygens (including phenoxy) is 1. The van der Waals surface area contributed by atoms with Gasteiger partial charge in [0.2, 0.25) is 0 Å². The van der Waals surface area contributed by atoms with E-state index in [4.69, 9.17) is 4.74 Å². The molecule has 2 aliphatic heterocycles. The summed E-state index contributed by atoms with van der Waals surface area (Å²) in [6.45, 7) is 0. The summed E-state index contributed by atoms with van der Waals surface area (Å²) in [6.07, 6.45) is 4.95. The Morgan fingerprint density at radius 3 is 2.74 bits per heavy atom. The molecule has 2 saturated heterocycles. The Bertz CT molecular complexity index is 675. The Balaban J connectivity index is 1.83. The average Bonchev–Trinajstić information content (AvgIpc) is 2.88. The maximum absolute atomic E-state index is 11.1. The average molecular weight is 320 g/mol. The van der Waals surface area contributed by atoms with Crippen LogP contribution in [0.1, 0.15) is 32.1 Å². The zero-order chi connectivity index (χ0) is 16.4. The van der Waals surface area contributed by atoms with Gasteiger partial charge in [-0.25, -0.2) is 0 Å². The van der Waals surface area contributed by atoms with Gasteiger partial charge >= 0.3 is 5.69 Å². The van der Waals surface area contributed by atoms with E-state index >= 15 is 0 Å². The largest absolute Gasteiger partial charge is 0.369 e. The number of benzene rings is 1. The van der Waals surface area contributed by atoms with Crippen molar-refractivity contribution in [3.63, 3.8) is 0 Å². The van der Waals surface area contributed by atoms with E-state index < -0.39 is 9.85 Å². The molecule has 1 aromatic carbocycles. The molecule has 2 fully saturated rings. The minimum Gasteiger partial charge on any atom is -0.369 e. The van der Waals surface area contributed by atoms with Gasteiger partial charge in [0.1, 0.15) is 5.69 Å². The summed E-state index contributed by atoms with van der Waals surface area (Å²) in [7, 11) is 0. The van der Waals surface area contributed by atoms with Gasteiger partial charge in [-0.15, -0.1) is 0 Å². The third-order valence-electron chi connectivity index (χ3n) is 4.15. The molecule has 9 nitrogen and oxygen atoms in total. The number of hydrogen-bond donors (Lipinski definition) is 1. The number of nitro benzene ring substituents is 2. The van der Waals surface area contributed by atoms with Crippen molar-refractivity contribution in [2.75, 3.05) is 5.43 Å². The van der Waals surface area contributed by atoms with Crippen LogP contribution in [0.4, 0.5) is 17.1 Å². The van der Waals surface area contributed by atoms with E-state index in [9.17, 15) is 20.2 Å². The van der Waals surface area contributed by atoms with Crippen LogP contribution >= 0.6 is 0 Å². The predicted molar refractivity (Wildman–Crippen MR) is 82.6 cm³/mol. The van der Waals surface area contributed by atoms with Crippen molar-refractivity contribution in [3.05, 3.63) is 38.4 Å². The molecule has 2 aliphatic rings. The van der Waals surface area contributed by atoms with Crippen LogP contribution in [-0.2, 0) is 4.74 Å². The molecule has 23 heavy (non-hydrogen) atoms. The summed E-state index contributed by atoms with van der Waals surface area (Å²) in [5.41, 5.74) is 2.96. The molecule has 0 unspecified atom stereocenters. The number of anilines is 1. The van der Waals surface area contributed by atoms with Crippen molar-refractivity contribution in [1.29, 1.82) is 0 Å². The third-order valence-corrected chi connectivity index (χ3v) is 4.15. The first-order chi connectivity index (χ1) is 11.0. The van der Waals surface area contributed by atoms with Gasteiger partial charge in [-0.2, -0.15) is 5.10 Å². The maximum Gasteiger partial charge on any atom is 0.301 e. The molecular weight excluding hydrogens is 304 g/mol. The van der Waals surface area contributed by atoms with Crippen LogP contribution in [0.3, 0.4) is 0 Å². The first kappa shape index (κ1) is 15.3. The SMILES string of the molecule is O=[N+]([O-])c1ccc(N/N=C2/CCC[C@H]3CC[C@H]2O3)c([N+](=O)[O-])c1. The van der Waals surface area contributed by atoms with Gasteiger partial charge < -0.3 is 4.74 Å². The Hall–Kier alpha value is -2.55. The normalized spacial score (nSPS) is 25.1. The number of nitrogens with one attached hydrogen (secondary N) is 1. The van der Waals surface area contributed by atoms with E-state index in [1.54, 1.807) is 0 Å². The molecule has 2 atom stereocenters. The molecule has 2 bridgehead atoms. The van der Waals surface area contributed by atoms with E-state index in [0.29, 0.717) is 6.10 Å². The van der Waals surface area contributed by atoms with Crippen molar-refractivity contribution >= 4 is 22.8 Å². The Kier molecular flexibility index (Phi) is 4.20. The van der Waals surface area contributed by atoms with Gasteiger partial charge in [-0.3, -0.25) is 25.7 Å². The molecule has 0 radical (unpaired) electrons. The number of fused-ring (bicyclic) bond motifs is 2. The van der Waals surface area contributed by atoms with Gasteiger partial charge in [0.05, 0.1) is 33.8 Å². The number of rotatable bonds is 4. The second-order valence-electron chi connectivity index (χ2n) is 5.65. The van der Waals surface area contributed by atoms with Crippen molar-refractivity contribution in [2.24, 2.45) is 5.10 Å². The first-order valence-electron chi connectivity index (χ1n) is 7.45. The van der Waals surface area contributed by atoms with Crippen LogP contribution < -0.4 is 5.43 Å². The smallest absolute Gasteiger partial charge is 0.301 e. The molecule has 0 aliphatic carbocycles. The fourth-order valence-electron chi connectivity index (χ4n) is 2.97. The van der Waals surface area contributed by atoms with Gasteiger partial charge in [0, 0.05) is 6.07 Å². The highest BCUT2D eigenvalue weighted by Gasteiger charge is 2.32. The lowest BCUT2D eigenvalue weighted by Gasteiger charge is -2.11. The molecule has 2 heterocycles. The van der Waals surface area contributed by atoms with Crippen LogP contribution in [0.2, 0.25) is 0 Å². The monoisotopic (exact) mass is 320 g/mol. The zero-order valence-electron chi connectivity index (χ0n) is 12.3. The third kappa shape index (κ3) is 3.29. The summed E-state index contributed by atoms with van der Waals surface area (Å²) < 4.78 is 5.86. The molecular formula is C14H16N4O5. The van der Waals surface area contributed by atoms with E-state index in [-0.39, 0.29) is 23.2 Å². The topological polar surface area (TPSA) is 120 Å². The quantitative estimate of drug-likeness (QED) is 0.672. The van der Waals surface area contributed by atoms with Crippen molar-refractivity contribution in [2.45, 2.75) is 44.3 Å². The standard InChI is InChI=1S/C14H16N4O5/c19-17(20)9-4-6-11(13(8-9)18(21)22)15-16-12-3-1-2-10-5-7-14(12)23-10/h4,6,8,10,14-15H,1-3,5,7H2/b16-12-/t10-,14+/m0/s1. The minimum atomic E-state index is -0.666. The lowest BCUT2D eigenvalue weighted by molar-refractivity contribution is -0.393. The molecule has 0 amide bonds. The van der Waals surface area contributed by atoms with Crippen molar-refractivity contribution in [1.82, 2.24) is 0 Å². The predicted octanol–water partition coefficient (Wildman–Crippen LogP) is 3.00. The van der Waals surface area contributed by atoms with E-state index in [0.717, 1.165) is 43.9 Å². The molecule has 3 rings (SSSR count). The first-order valence-corrected chi connectivity index (χ1v) is 7.45. The van der Waals surface area contributed by atoms with Crippen LogP contribution in [-0.4, -0.2) is 27.8 Å². The number of hydrazone groups is 1. The Morgan fingerprint density at radius 1 is 1.17 bits per heavy atom. The highest BCUT2D eigenvalue weighted by atomic mass is 16.6. The maximum atomic E-state index is 11.1. The van der Waals surface area contributed by atoms with E-state index in [1.807, 2.05) is 0 Å². The number of nitrogens with zero attached hydrogens (tertiary/aromatic N) is 3. The molecule has 122 valence electrons. The fraction of sp³-hybridized carbons (Fsp3) is 0.500. The molecule has 0 spiro atoms. The lowest BCUT2D eigenvalue weighted by Crippen LogP contribution is -2.20. The second-order valence-corrected chi connectivity index (χ2v) is 5.65. The highest BCUT2D eigenvalue weighted by Crippen LogP contribution is 2.31. The molecule has 1 aromatic rings. The lowest BCUT2D eigenvalue weighted by atomic mass is 9.99. The number of hydrogen-bond acceptors (Lipinski definition) is 7. The summed E-state index contributed by atoms with van der Waals surface area (Å²) in [5.74, 6) is 0. The summed E-state index contributed by atoms with van der Waals surface area (Å²) >= 11 is 0. The summed E-state index contributed by atoms with van der Waals surface area (Å²) in [5, 5.41) is 26.1. The molecule has 9 heteroatoms. The Labute approximate surface area is 131 Å². The summed E-state index contributed by atoms with van der Waals surface area (Å²) in [4.78, 5) is 20.5. The molecule has 1 N–H and O–H groups in total. The highest BCUT2D eigenvalue weighted by molar-refractivity contribution is 5.90. The van der Waals surface area contributed by atoms with Crippen LogP contribution in [0.5, 0.6) is 0 Å². The number of non-ortho nitro benzene ring substituents is 1. The zero-order valence-corrected chi connectivity index (χ0v) is 12.3. The van der Waals surface area contributed by atoms with E-state index in [2.05, 4.69) is 10.5 Å². The number of nitro groups is 2. The van der Waals surface area contributed by atoms with Gasteiger partial charge in [-0.05, 0) is 38.2 Å². The summed E-state index contributed by atoms with van der Waals surface area (Å²) in [6, 6.07) is 3.44. The fourth-order valence-corrected chi connectivity index (χ4v) is 2.97. The van der Waals surface area contributed by atoms with E-state index in [1.165, 1.54) is 12.1 Å². The van der Waals surface area contributed by atoms with Gasteiger partial charge in [0.15, 0.2) is 0 Å². The van der Waals surface area contributed by atoms with Gasteiger partial charge in [-0.1, -0.05) is 0 Å². The van der Waals surface area contributed by atoms with Crippen molar-refractivity contribution < 1.29 is 14.6 Å². The van der Waals surface area contributed by atoms with Crippen molar-refractivity contribution in [3.8, 4) is 0 Å². The van der Waals surface area contributed by atoms with Crippen LogP contribution in [0, 0.1) is 20.2 Å². The Morgan fingerprint density at radius 2 is 2.00 bits per heavy atom. The van der Waals surface area contributed by atoms with Crippen LogP contribution in [0.15, 0.2) is 23.3 Å². The van der Waals surface area contributed by atoms with Crippen LogP contribution in [0.25, 0.3) is 0 Å².